The molecule has 0 fully saturated rings. The normalized spacial score (nSPS) is 10.1. The van der Waals surface area contributed by atoms with Crippen LogP contribution in [0.1, 0.15) is 38.2 Å². The van der Waals surface area contributed by atoms with Crippen LogP contribution < -0.4 is 0 Å². The van der Waals surface area contributed by atoms with E-state index in [1.807, 2.05) is 31.2 Å². The topological polar surface area (TPSA) is 52.6 Å². The number of hydrogen-bond acceptors (Lipinski definition) is 4. The fraction of sp³-hybridized carbons (Fsp3) is 0.467. The van der Waals surface area contributed by atoms with Crippen molar-refractivity contribution in [3.05, 3.63) is 33.4 Å². The highest BCUT2D eigenvalue weighted by atomic mass is 127. The highest BCUT2D eigenvalue weighted by Gasteiger charge is 2.09. The molecule has 0 atom stereocenters. The molecular weight excluding hydrogens is 371 g/mol. The van der Waals surface area contributed by atoms with Crippen molar-refractivity contribution in [2.75, 3.05) is 6.61 Å². The zero-order chi connectivity index (χ0) is 14.8. The molecule has 0 saturated heterocycles. The van der Waals surface area contributed by atoms with E-state index in [1.165, 1.54) is 0 Å². The molecule has 110 valence electrons. The second-order valence-electron chi connectivity index (χ2n) is 4.33. The number of hydrogen-bond donors (Lipinski definition) is 0. The molecule has 0 aliphatic heterocycles. The maximum atomic E-state index is 11.5. The van der Waals surface area contributed by atoms with Gasteiger partial charge in [-0.25, -0.2) is 0 Å². The van der Waals surface area contributed by atoms with Gasteiger partial charge >= 0.3 is 11.9 Å². The van der Waals surface area contributed by atoms with Crippen LogP contribution in [0.2, 0.25) is 0 Å². The zero-order valence-electron chi connectivity index (χ0n) is 11.6. The second-order valence-corrected chi connectivity index (χ2v) is 5.49. The van der Waals surface area contributed by atoms with Crippen LogP contribution in [0, 0.1) is 3.57 Å². The summed E-state index contributed by atoms with van der Waals surface area (Å²) < 4.78 is 11.2. The average Bonchev–Trinajstić information content (AvgIpc) is 2.44. The van der Waals surface area contributed by atoms with Gasteiger partial charge in [0.05, 0.1) is 19.4 Å². The van der Waals surface area contributed by atoms with Crippen LogP contribution in [0.5, 0.6) is 0 Å². The molecule has 0 bridgehead atoms. The predicted octanol–water partition coefficient (Wildman–Crippen LogP) is 3.46. The lowest BCUT2D eigenvalue weighted by Crippen LogP contribution is -2.11. The van der Waals surface area contributed by atoms with Crippen LogP contribution in [0.3, 0.4) is 0 Å². The summed E-state index contributed by atoms with van der Waals surface area (Å²) in [5.74, 6) is -0.721. The number of esters is 2. The van der Waals surface area contributed by atoms with Crippen molar-refractivity contribution in [1.29, 1.82) is 0 Å². The third-order valence-electron chi connectivity index (χ3n) is 2.64. The second kappa shape index (κ2) is 9.74. The first kappa shape index (κ1) is 16.9. The van der Waals surface area contributed by atoms with Crippen LogP contribution >= 0.6 is 22.6 Å². The minimum atomic E-state index is -0.378. The molecule has 20 heavy (non-hydrogen) atoms. The molecule has 0 spiro atoms. The van der Waals surface area contributed by atoms with Gasteiger partial charge in [-0.3, -0.25) is 9.59 Å². The van der Waals surface area contributed by atoms with Crippen molar-refractivity contribution in [3.8, 4) is 0 Å². The summed E-state index contributed by atoms with van der Waals surface area (Å²) in [6.07, 6.45) is 1.97. The summed E-state index contributed by atoms with van der Waals surface area (Å²) in [6, 6.07) is 7.69. The van der Waals surface area contributed by atoms with Crippen LogP contribution in [0.25, 0.3) is 0 Å². The Morgan fingerprint density at radius 2 is 1.75 bits per heavy atom. The highest BCUT2D eigenvalue weighted by Crippen LogP contribution is 2.12. The van der Waals surface area contributed by atoms with E-state index < -0.39 is 0 Å². The first-order valence-corrected chi connectivity index (χ1v) is 7.76. The molecule has 0 aromatic heterocycles. The van der Waals surface area contributed by atoms with Gasteiger partial charge in [-0.2, -0.15) is 0 Å². The zero-order valence-corrected chi connectivity index (χ0v) is 13.7. The molecule has 0 radical (unpaired) electrons. The standard InChI is InChI=1S/C15H19IO4/c1-2-3-10-19-14(17)8-9-15(18)20-11-12-6-4-5-7-13(12)16/h4-7H,2-3,8-11H2,1H3. The first-order chi connectivity index (χ1) is 9.63. The molecule has 4 nitrogen and oxygen atoms in total. The van der Waals surface area contributed by atoms with Crippen molar-refractivity contribution in [2.24, 2.45) is 0 Å². The van der Waals surface area contributed by atoms with Crippen molar-refractivity contribution in [3.63, 3.8) is 0 Å². The number of rotatable bonds is 8. The molecule has 0 unspecified atom stereocenters. The quantitative estimate of drug-likeness (QED) is 0.388. The van der Waals surface area contributed by atoms with Gasteiger partial charge in [-0.15, -0.1) is 0 Å². The Labute approximate surface area is 133 Å². The predicted molar refractivity (Wildman–Crippen MR) is 84.1 cm³/mol. The van der Waals surface area contributed by atoms with Crippen LogP contribution in [-0.4, -0.2) is 18.5 Å². The summed E-state index contributed by atoms with van der Waals surface area (Å²) >= 11 is 2.19. The molecule has 1 aromatic rings. The van der Waals surface area contributed by atoms with Crippen LogP contribution in [0.4, 0.5) is 0 Å². The Balaban J connectivity index is 2.21. The van der Waals surface area contributed by atoms with Crippen molar-refractivity contribution in [2.45, 2.75) is 39.2 Å². The Kier molecular flexibility index (Phi) is 8.25. The molecule has 1 rings (SSSR count). The molecule has 0 amide bonds. The van der Waals surface area contributed by atoms with E-state index >= 15 is 0 Å². The van der Waals surface area contributed by atoms with Crippen LogP contribution in [0.15, 0.2) is 24.3 Å². The van der Waals surface area contributed by atoms with E-state index in [4.69, 9.17) is 9.47 Å². The lowest BCUT2D eigenvalue weighted by atomic mass is 10.2. The maximum absolute atomic E-state index is 11.5. The smallest absolute Gasteiger partial charge is 0.306 e. The van der Waals surface area contributed by atoms with Gasteiger partial charge in [-0.1, -0.05) is 31.5 Å². The number of carbonyl (C=O) groups is 2. The van der Waals surface area contributed by atoms with Crippen molar-refractivity contribution < 1.29 is 19.1 Å². The lowest BCUT2D eigenvalue weighted by molar-refractivity contribution is -0.151. The monoisotopic (exact) mass is 390 g/mol. The largest absolute Gasteiger partial charge is 0.466 e. The fourth-order valence-corrected chi connectivity index (χ4v) is 2.00. The first-order valence-electron chi connectivity index (χ1n) is 6.68. The Morgan fingerprint density at radius 1 is 1.10 bits per heavy atom. The molecule has 5 heteroatoms. The van der Waals surface area contributed by atoms with E-state index in [9.17, 15) is 9.59 Å². The molecule has 0 heterocycles. The van der Waals surface area contributed by atoms with Gasteiger partial charge in [-0.05, 0) is 35.1 Å². The molecule has 0 aliphatic carbocycles. The van der Waals surface area contributed by atoms with Gasteiger partial charge in [0.2, 0.25) is 0 Å². The van der Waals surface area contributed by atoms with Gasteiger partial charge in [0.15, 0.2) is 0 Å². The minimum absolute atomic E-state index is 0.0639. The van der Waals surface area contributed by atoms with Gasteiger partial charge in [0.1, 0.15) is 6.61 Å². The minimum Gasteiger partial charge on any atom is -0.466 e. The van der Waals surface area contributed by atoms with Crippen LogP contribution in [-0.2, 0) is 25.7 Å². The SMILES string of the molecule is CCCCOC(=O)CCC(=O)OCc1ccccc1I. The van der Waals surface area contributed by atoms with E-state index in [1.54, 1.807) is 0 Å². The summed E-state index contributed by atoms with van der Waals surface area (Å²) in [6.45, 7) is 2.69. The third kappa shape index (κ3) is 6.88. The molecule has 0 aliphatic rings. The fourth-order valence-electron chi connectivity index (χ4n) is 1.45. The lowest BCUT2D eigenvalue weighted by Gasteiger charge is -2.07. The average molecular weight is 390 g/mol. The molecule has 1 aromatic carbocycles. The molecule has 0 N–H and O–H groups in total. The number of halogens is 1. The van der Waals surface area contributed by atoms with Crippen molar-refractivity contribution in [1.82, 2.24) is 0 Å². The highest BCUT2D eigenvalue weighted by molar-refractivity contribution is 14.1. The number of carbonyl (C=O) groups excluding carboxylic acids is 2. The summed E-state index contributed by atoms with van der Waals surface area (Å²) in [7, 11) is 0. The maximum Gasteiger partial charge on any atom is 0.306 e. The Bertz CT molecular complexity index is 445. The summed E-state index contributed by atoms with van der Waals surface area (Å²) in [4.78, 5) is 22.8. The van der Waals surface area contributed by atoms with E-state index in [2.05, 4.69) is 22.6 Å². The Hall–Kier alpha value is -1.11. The summed E-state index contributed by atoms with van der Waals surface area (Å²) in [5, 5.41) is 0. The van der Waals surface area contributed by atoms with Gasteiger partial charge in [0.25, 0.3) is 0 Å². The molecule has 0 saturated carbocycles. The number of benzene rings is 1. The number of ether oxygens (including phenoxy) is 2. The van der Waals surface area contributed by atoms with E-state index in [0.717, 1.165) is 22.0 Å². The Morgan fingerprint density at radius 3 is 2.40 bits per heavy atom. The number of unbranched alkanes of at least 4 members (excludes halogenated alkanes) is 1. The van der Waals surface area contributed by atoms with Crippen molar-refractivity contribution >= 4 is 34.5 Å². The third-order valence-corrected chi connectivity index (χ3v) is 3.69. The van der Waals surface area contributed by atoms with E-state index in [0.29, 0.717) is 6.61 Å². The molecular formula is C15H19IO4. The van der Waals surface area contributed by atoms with Gasteiger partial charge in [0, 0.05) is 9.13 Å². The summed E-state index contributed by atoms with van der Waals surface area (Å²) in [5.41, 5.74) is 0.965. The van der Waals surface area contributed by atoms with Gasteiger partial charge < -0.3 is 9.47 Å². The van der Waals surface area contributed by atoms with E-state index in [-0.39, 0.29) is 31.4 Å².